The van der Waals surface area contributed by atoms with Gasteiger partial charge in [0, 0.05) is 11.4 Å². The first-order valence-electron chi connectivity index (χ1n) is 13.6. The van der Waals surface area contributed by atoms with Gasteiger partial charge in [0.1, 0.15) is 31.7 Å². The van der Waals surface area contributed by atoms with Gasteiger partial charge in [0.05, 0.1) is 6.61 Å². The normalized spacial score (nSPS) is 27.2. The molecule has 0 bridgehead atoms. The zero-order valence-electron chi connectivity index (χ0n) is 23.8. The first kappa shape index (κ1) is 29.5. The van der Waals surface area contributed by atoms with Gasteiger partial charge < -0.3 is 31.6 Å². The molecule has 4 rings (SSSR count). The van der Waals surface area contributed by atoms with Crippen LogP contribution in [0.15, 0.2) is 34.7 Å². The minimum atomic E-state index is -2.87. The summed E-state index contributed by atoms with van der Waals surface area (Å²) in [4.78, 5) is 12.6. The molecule has 2 aliphatic heterocycles. The van der Waals surface area contributed by atoms with Crippen LogP contribution < -0.4 is 0 Å². The number of ether oxygens (including phenoxy) is 3. The monoisotopic (exact) mass is 560 g/mol. The summed E-state index contributed by atoms with van der Waals surface area (Å²) < 4.78 is 44.1. The predicted octanol–water partition coefficient (Wildman–Crippen LogP) is 5.78. The highest BCUT2D eigenvalue weighted by atomic mass is 28.5. The lowest BCUT2D eigenvalue weighted by atomic mass is 9.93. The average Bonchev–Trinajstić information content (AvgIpc) is 3.39. The van der Waals surface area contributed by atoms with Crippen LogP contribution in [0.25, 0.3) is 11.0 Å². The van der Waals surface area contributed by atoms with Crippen molar-refractivity contribution < 1.29 is 36.4 Å². The van der Waals surface area contributed by atoms with Crippen LogP contribution in [0.5, 0.6) is 0 Å². The van der Waals surface area contributed by atoms with Gasteiger partial charge in [-0.2, -0.15) is 0 Å². The van der Waals surface area contributed by atoms with E-state index in [0.717, 1.165) is 5.39 Å². The van der Waals surface area contributed by atoms with E-state index in [-0.39, 0.29) is 34.7 Å². The number of rotatable bonds is 8. The minimum absolute atomic E-state index is 0.110. The van der Waals surface area contributed by atoms with Crippen LogP contribution >= 0.6 is 0 Å². The van der Waals surface area contributed by atoms with E-state index in [1.165, 1.54) is 0 Å². The number of fused-ring (bicyclic) bond motifs is 2. The summed E-state index contributed by atoms with van der Waals surface area (Å²) in [6.07, 6.45) is -1.59. The summed E-state index contributed by atoms with van der Waals surface area (Å²) in [5, 5.41) is 0.823. The Balaban J connectivity index is 1.53. The molecule has 11 heteroatoms. The molecular weight excluding hydrogens is 519 g/mol. The molecule has 0 spiro atoms. The van der Waals surface area contributed by atoms with Crippen molar-refractivity contribution in [2.24, 2.45) is 0 Å². The Bertz CT molecular complexity index is 1050. The first-order chi connectivity index (χ1) is 17.9. The number of benzene rings is 1. The fraction of sp³-hybridized carbons (Fsp3) is 0.667. The van der Waals surface area contributed by atoms with Crippen molar-refractivity contribution in [1.29, 1.82) is 0 Å². The zero-order valence-corrected chi connectivity index (χ0v) is 25.8. The van der Waals surface area contributed by atoms with Gasteiger partial charge in [-0.3, -0.25) is 0 Å². The molecule has 2 radical (unpaired) electrons. The van der Waals surface area contributed by atoms with Crippen molar-refractivity contribution in [3.05, 3.63) is 36.1 Å². The molecule has 4 atom stereocenters. The molecule has 2 unspecified atom stereocenters. The molecule has 0 saturated carbocycles. The standard InChI is InChI=1S/C27H41BO8Si2/c1-16(2)37(17(3)4)32-14-23-24(35-38(36-37,18(5)6)19(7)8)25(26(28)34-23)30-15-31-27(29)22-13-20-11-9-10-12-21(20)33-22/h9-13,16-19,23-26H,14-15H2,1-8H3/t23-,24?,25?,26-/m1/s1. The Morgan fingerprint density at radius 1 is 1.00 bits per heavy atom. The largest absolute Gasteiger partial charge is 0.449 e. The molecule has 38 heavy (non-hydrogen) atoms. The van der Waals surface area contributed by atoms with Crippen LogP contribution in [0, 0.1) is 0 Å². The lowest BCUT2D eigenvalue weighted by molar-refractivity contribution is -0.0995. The SMILES string of the molecule is [B][C@@H]1O[C@@H]2CO[Si](C(C)C)(C(C)C)O[Si](C(C)C)(C(C)C)OC2C1OCOC(=O)c1cc2ccccc2o1. The number of hydrogen-bond acceptors (Lipinski definition) is 8. The highest BCUT2D eigenvalue weighted by Crippen LogP contribution is 2.47. The van der Waals surface area contributed by atoms with Crippen molar-refractivity contribution in [3.8, 4) is 0 Å². The molecule has 0 amide bonds. The molecule has 2 aliphatic rings. The predicted molar refractivity (Wildman–Crippen MR) is 150 cm³/mol. The maximum Gasteiger partial charge on any atom is 0.376 e. The van der Waals surface area contributed by atoms with Gasteiger partial charge in [-0.25, -0.2) is 4.79 Å². The molecule has 0 aliphatic carbocycles. The number of furan rings is 1. The average molecular weight is 561 g/mol. The molecule has 8 nitrogen and oxygen atoms in total. The zero-order chi connectivity index (χ0) is 27.8. The van der Waals surface area contributed by atoms with Gasteiger partial charge in [-0.05, 0) is 34.3 Å². The number of hydrogen-bond donors (Lipinski definition) is 0. The fourth-order valence-corrected chi connectivity index (χ4v) is 16.9. The molecule has 2 aromatic rings. The third-order valence-corrected chi connectivity index (χ3v) is 18.0. The van der Waals surface area contributed by atoms with Crippen LogP contribution in [0.3, 0.4) is 0 Å². The number of carbonyl (C=O) groups is 1. The maximum absolute atomic E-state index is 12.6. The Morgan fingerprint density at radius 3 is 2.24 bits per heavy atom. The van der Waals surface area contributed by atoms with E-state index < -0.39 is 47.4 Å². The van der Waals surface area contributed by atoms with Gasteiger partial charge >= 0.3 is 23.1 Å². The Hall–Kier alpha value is -1.47. The summed E-state index contributed by atoms with van der Waals surface area (Å²) in [6, 6.07) is 8.27. The van der Waals surface area contributed by atoms with Gasteiger partial charge in [0.25, 0.3) is 0 Å². The van der Waals surface area contributed by atoms with E-state index >= 15 is 0 Å². The Morgan fingerprint density at radius 2 is 1.63 bits per heavy atom. The second kappa shape index (κ2) is 11.6. The summed E-state index contributed by atoms with van der Waals surface area (Å²) in [6.45, 7) is 17.3. The van der Waals surface area contributed by atoms with E-state index in [2.05, 4.69) is 55.4 Å². The van der Waals surface area contributed by atoms with Crippen molar-refractivity contribution in [2.45, 2.75) is 102 Å². The van der Waals surface area contributed by atoms with Crippen molar-refractivity contribution >= 4 is 41.9 Å². The highest BCUT2D eigenvalue weighted by molar-refractivity contribution is 6.84. The van der Waals surface area contributed by atoms with E-state index in [1.807, 2.05) is 18.2 Å². The third-order valence-electron chi connectivity index (χ3n) is 7.75. The summed E-state index contributed by atoms with van der Waals surface area (Å²) in [7, 11) is 0.838. The second-order valence-electron chi connectivity index (χ2n) is 11.5. The van der Waals surface area contributed by atoms with Gasteiger partial charge in [0.2, 0.25) is 5.76 Å². The lowest BCUT2D eigenvalue weighted by Gasteiger charge is -2.51. The van der Waals surface area contributed by atoms with Crippen molar-refractivity contribution in [3.63, 3.8) is 0 Å². The molecule has 208 valence electrons. The van der Waals surface area contributed by atoms with Crippen LogP contribution in [0.2, 0.25) is 22.2 Å². The van der Waals surface area contributed by atoms with E-state index in [0.29, 0.717) is 12.2 Å². The number of carbonyl (C=O) groups excluding carboxylic acids is 1. The molecule has 0 N–H and O–H groups in total. The Labute approximate surface area is 229 Å². The van der Waals surface area contributed by atoms with Crippen LogP contribution in [0.1, 0.15) is 65.9 Å². The molecule has 1 aromatic heterocycles. The van der Waals surface area contributed by atoms with Crippen molar-refractivity contribution in [2.75, 3.05) is 13.4 Å². The molecule has 1 aromatic carbocycles. The first-order valence-corrected chi connectivity index (χ1v) is 17.6. The van der Waals surface area contributed by atoms with Gasteiger partial charge in [0.15, 0.2) is 6.79 Å². The number of esters is 1. The topological polar surface area (TPSA) is 85.6 Å². The summed E-state index contributed by atoms with van der Waals surface area (Å²) in [5.74, 6) is -0.508. The quantitative estimate of drug-likeness (QED) is 0.228. The molecular formula is C27H41BO8Si2. The summed E-state index contributed by atoms with van der Waals surface area (Å²) in [5.41, 5.74) is 1.37. The van der Waals surface area contributed by atoms with Crippen molar-refractivity contribution in [1.82, 2.24) is 0 Å². The van der Waals surface area contributed by atoms with E-state index in [4.69, 9.17) is 39.4 Å². The van der Waals surface area contributed by atoms with Crippen LogP contribution in [-0.2, 0) is 27.2 Å². The van der Waals surface area contributed by atoms with Gasteiger partial charge in [-0.15, -0.1) is 0 Å². The third kappa shape index (κ3) is 5.43. The van der Waals surface area contributed by atoms with E-state index in [9.17, 15) is 4.79 Å². The van der Waals surface area contributed by atoms with Gasteiger partial charge in [-0.1, -0.05) is 73.6 Å². The molecule has 2 fully saturated rings. The molecule has 3 heterocycles. The maximum atomic E-state index is 12.6. The smallest absolute Gasteiger partial charge is 0.376 e. The number of para-hydroxylation sites is 1. The second-order valence-corrected chi connectivity index (χ2v) is 20.4. The van der Waals surface area contributed by atoms with E-state index in [1.54, 1.807) is 12.1 Å². The lowest BCUT2D eigenvalue weighted by Crippen LogP contribution is -2.66. The Kier molecular flexibility index (Phi) is 8.98. The summed E-state index contributed by atoms with van der Waals surface area (Å²) >= 11 is 0. The van der Waals surface area contributed by atoms with Crippen LogP contribution in [-0.4, -0.2) is 68.7 Å². The molecule has 2 saturated heterocycles. The minimum Gasteiger partial charge on any atom is -0.449 e. The van der Waals surface area contributed by atoms with Crippen LogP contribution in [0.4, 0.5) is 0 Å². The highest BCUT2D eigenvalue weighted by Gasteiger charge is 2.61. The fourth-order valence-electron chi connectivity index (χ4n) is 5.68.